The summed E-state index contributed by atoms with van der Waals surface area (Å²) in [4.78, 5) is 16.8. The molecule has 0 atom stereocenters. The van der Waals surface area contributed by atoms with Crippen LogP contribution < -0.4 is 10.1 Å². The highest BCUT2D eigenvalue weighted by Gasteiger charge is 2.31. The van der Waals surface area contributed by atoms with Crippen LogP contribution in [0.4, 0.5) is 18.9 Å². The predicted molar refractivity (Wildman–Crippen MR) is 99.3 cm³/mol. The minimum Gasteiger partial charge on any atom is -0.406 e. The van der Waals surface area contributed by atoms with Crippen molar-refractivity contribution in [1.29, 1.82) is 0 Å². The normalized spacial score (nSPS) is 13.9. The lowest BCUT2D eigenvalue weighted by Gasteiger charge is -2.09. The average molecular weight is 402 g/mol. The standard InChI is InChI=1S/C20H17F3N4O2/c21-20(22,23)29-16-8-4-12(5-9-16)10-17(28)24-15-3-1-2-14(11-15)19-25-18(26-27-19)13-6-7-13/h1-5,8-9,11,13H,6-7,10H2,(H,24,28)(H,25,26,27). The lowest BCUT2D eigenvalue weighted by atomic mass is 10.1. The third-order valence-corrected chi connectivity index (χ3v) is 4.39. The number of halogens is 3. The molecule has 2 N–H and O–H groups in total. The van der Waals surface area contributed by atoms with E-state index >= 15 is 0 Å². The van der Waals surface area contributed by atoms with Gasteiger partial charge >= 0.3 is 6.36 Å². The van der Waals surface area contributed by atoms with Crippen LogP contribution in [-0.2, 0) is 11.2 Å². The molecule has 1 fully saturated rings. The Bertz CT molecular complexity index is 1010. The Balaban J connectivity index is 1.38. The number of anilines is 1. The molecule has 4 rings (SSSR count). The number of H-pyrrole nitrogens is 1. The van der Waals surface area contributed by atoms with E-state index in [4.69, 9.17) is 0 Å². The molecule has 0 spiro atoms. The second kappa shape index (κ2) is 7.57. The lowest BCUT2D eigenvalue weighted by molar-refractivity contribution is -0.274. The van der Waals surface area contributed by atoms with Crippen LogP contribution in [0.15, 0.2) is 48.5 Å². The number of aromatic amines is 1. The number of nitrogens with zero attached hydrogens (tertiary/aromatic N) is 2. The van der Waals surface area contributed by atoms with Crippen molar-refractivity contribution in [2.45, 2.75) is 31.5 Å². The molecule has 0 aliphatic heterocycles. The molecule has 1 aliphatic carbocycles. The largest absolute Gasteiger partial charge is 0.573 e. The van der Waals surface area contributed by atoms with Crippen LogP contribution in [0.1, 0.15) is 30.1 Å². The summed E-state index contributed by atoms with van der Waals surface area (Å²) in [5, 5.41) is 9.96. The number of aromatic nitrogens is 3. The molecule has 0 bridgehead atoms. The van der Waals surface area contributed by atoms with Gasteiger partial charge in [0.25, 0.3) is 0 Å². The summed E-state index contributed by atoms with van der Waals surface area (Å²) >= 11 is 0. The second-order valence-corrected chi connectivity index (χ2v) is 6.82. The molecule has 0 saturated heterocycles. The highest BCUT2D eigenvalue weighted by molar-refractivity contribution is 5.92. The van der Waals surface area contributed by atoms with Crippen molar-refractivity contribution in [3.05, 3.63) is 59.9 Å². The first-order valence-electron chi connectivity index (χ1n) is 9.03. The van der Waals surface area contributed by atoms with E-state index in [9.17, 15) is 18.0 Å². The molecule has 1 aromatic heterocycles. The molecule has 1 saturated carbocycles. The quantitative estimate of drug-likeness (QED) is 0.639. The predicted octanol–water partition coefficient (Wildman–Crippen LogP) is 4.43. The van der Waals surface area contributed by atoms with E-state index in [1.807, 2.05) is 6.07 Å². The summed E-state index contributed by atoms with van der Waals surface area (Å²) in [5.74, 6) is 1.30. The van der Waals surface area contributed by atoms with Crippen LogP contribution in [0.2, 0.25) is 0 Å². The van der Waals surface area contributed by atoms with Gasteiger partial charge in [0.2, 0.25) is 5.91 Å². The first kappa shape index (κ1) is 19.0. The van der Waals surface area contributed by atoms with Gasteiger partial charge in [-0.25, -0.2) is 4.98 Å². The summed E-state index contributed by atoms with van der Waals surface area (Å²) < 4.78 is 40.4. The monoisotopic (exact) mass is 402 g/mol. The van der Waals surface area contributed by atoms with Gasteiger partial charge in [0.1, 0.15) is 11.6 Å². The van der Waals surface area contributed by atoms with E-state index < -0.39 is 6.36 Å². The molecule has 1 heterocycles. The first-order chi connectivity index (χ1) is 13.9. The van der Waals surface area contributed by atoms with E-state index in [0.29, 0.717) is 23.0 Å². The molecule has 150 valence electrons. The summed E-state index contributed by atoms with van der Waals surface area (Å²) in [6.45, 7) is 0. The maximum Gasteiger partial charge on any atom is 0.573 e. The van der Waals surface area contributed by atoms with Crippen molar-refractivity contribution in [2.75, 3.05) is 5.32 Å². The number of carbonyl (C=O) groups is 1. The summed E-state index contributed by atoms with van der Waals surface area (Å²) in [5.41, 5.74) is 1.93. The van der Waals surface area contributed by atoms with Gasteiger partial charge < -0.3 is 10.1 Å². The van der Waals surface area contributed by atoms with Crippen LogP contribution >= 0.6 is 0 Å². The summed E-state index contributed by atoms with van der Waals surface area (Å²) in [6, 6.07) is 12.4. The van der Waals surface area contributed by atoms with Crippen molar-refractivity contribution in [3.63, 3.8) is 0 Å². The van der Waals surface area contributed by atoms with Gasteiger partial charge in [-0.05, 0) is 42.7 Å². The number of ether oxygens (including phenoxy) is 1. The number of hydrogen-bond acceptors (Lipinski definition) is 4. The van der Waals surface area contributed by atoms with Gasteiger partial charge in [-0.15, -0.1) is 13.2 Å². The van der Waals surface area contributed by atoms with Gasteiger partial charge in [-0.1, -0.05) is 24.3 Å². The Morgan fingerprint density at radius 2 is 1.93 bits per heavy atom. The molecule has 1 aliphatic rings. The number of hydrogen-bond donors (Lipinski definition) is 2. The number of benzene rings is 2. The average Bonchev–Trinajstić information content (AvgIpc) is 3.39. The minimum atomic E-state index is -4.74. The second-order valence-electron chi connectivity index (χ2n) is 6.82. The van der Waals surface area contributed by atoms with Gasteiger partial charge in [-0.3, -0.25) is 9.89 Å². The Morgan fingerprint density at radius 1 is 1.17 bits per heavy atom. The van der Waals surface area contributed by atoms with E-state index in [2.05, 4.69) is 25.2 Å². The molecule has 29 heavy (non-hydrogen) atoms. The van der Waals surface area contributed by atoms with Gasteiger partial charge in [0.05, 0.1) is 6.42 Å². The first-order valence-corrected chi connectivity index (χ1v) is 9.03. The van der Waals surface area contributed by atoms with Gasteiger partial charge in [0.15, 0.2) is 5.82 Å². The molecule has 6 nitrogen and oxygen atoms in total. The van der Waals surface area contributed by atoms with Crippen LogP contribution in [0.25, 0.3) is 11.4 Å². The van der Waals surface area contributed by atoms with Gasteiger partial charge in [0, 0.05) is 17.2 Å². The van der Waals surface area contributed by atoms with Crippen LogP contribution in [0.3, 0.4) is 0 Å². The Morgan fingerprint density at radius 3 is 2.62 bits per heavy atom. The molecular weight excluding hydrogens is 385 g/mol. The van der Waals surface area contributed by atoms with Crippen molar-refractivity contribution in [3.8, 4) is 17.1 Å². The molecule has 2 aromatic carbocycles. The maximum atomic E-state index is 12.3. The van der Waals surface area contributed by atoms with E-state index in [1.165, 1.54) is 24.3 Å². The number of amides is 1. The van der Waals surface area contributed by atoms with E-state index in [0.717, 1.165) is 24.2 Å². The maximum absolute atomic E-state index is 12.3. The number of nitrogens with one attached hydrogen (secondary N) is 2. The number of carbonyl (C=O) groups excluding carboxylic acids is 1. The molecule has 9 heteroatoms. The van der Waals surface area contributed by atoms with Crippen LogP contribution in [-0.4, -0.2) is 27.5 Å². The Kier molecular flexibility index (Phi) is 4.96. The van der Waals surface area contributed by atoms with Crippen molar-refractivity contribution < 1.29 is 22.7 Å². The summed E-state index contributed by atoms with van der Waals surface area (Å²) in [6.07, 6.45) is -2.49. The zero-order valence-electron chi connectivity index (χ0n) is 15.2. The zero-order chi connectivity index (χ0) is 20.4. The SMILES string of the molecule is O=C(Cc1ccc(OC(F)(F)F)cc1)Nc1cccc(-c2n[nH]c(C3CC3)n2)c1. The molecular formula is C20H17F3N4O2. The summed E-state index contributed by atoms with van der Waals surface area (Å²) in [7, 11) is 0. The third kappa shape index (κ3) is 5.13. The molecule has 3 aromatic rings. The third-order valence-electron chi connectivity index (χ3n) is 4.39. The fourth-order valence-corrected chi connectivity index (χ4v) is 2.88. The molecule has 0 radical (unpaired) electrons. The van der Waals surface area contributed by atoms with Crippen LogP contribution in [0.5, 0.6) is 5.75 Å². The highest BCUT2D eigenvalue weighted by Crippen LogP contribution is 2.38. The number of alkyl halides is 3. The molecule has 1 amide bonds. The fraction of sp³-hybridized carbons (Fsp3) is 0.250. The van der Waals surface area contributed by atoms with Crippen LogP contribution in [0, 0.1) is 0 Å². The Hall–Kier alpha value is -3.36. The lowest BCUT2D eigenvalue weighted by Crippen LogP contribution is -2.17. The topological polar surface area (TPSA) is 79.9 Å². The van der Waals surface area contributed by atoms with E-state index in [-0.39, 0.29) is 18.1 Å². The minimum absolute atomic E-state index is 0.0169. The Labute approximate surface area is 164 Å². The molecule has 0 unspecified atom stereocenters. The van der Waals surface area contributed by atoms with Crippen molar-refractivity contribution in [1.82, 2.24) is 15.2 Å². The van der Waals surface area contributed by atoms with Crippen molar-refractivity contribution >= 4 is 11.6 Å². The number of rotatable bonds is 6. The van der Waals surface area contributed by atoms with Crippen molar-refractivity contribution in [2.24, 2.45) is 0 Å². The highest BCUT2D eigenvalue weighted by atomic mass is 19.4. The fourth-order valence-electron chi connectivity index (χ4n) is 2.88. The van der Waals surface area contributed by atoms with E-state index in [1.54, 1.807) is 18.2 Å². The smallest absolute Gasteiger partial charge is 0.406 e. The zero-order valence-corrected chi connectivity index (χ0v) is 15.2. The van der Waals surface area contributed by atoms with Gasteiger partial charge in [-0.2, -0.15) is 5.10 Å².